The largest absolute Gasteiger partial charge is 0.480 e. The molecule has 0 spiro atoms. The van der Waals surface area contributed by atoms with E-state index in [-0.39, 0.29) is 28.5 Å². The standard InChI is InChI=1S/C25H29B3FN6O6P/c1-11-7-16(29)15(9-14(11)21(36)17-5-6-19(40-2)34-33-17)20-13-4-3-12(8-18(13)31-10-32-20)35-23(28,42)24(30,37)41-22(26,27)25(35,38)39/h3-10,21,36-39H,26-28,30,42H2,1-2H3. The van der Waals surface area contributed by atoms with Crippen LogP contribution in [0, 0.1) is 12.7 Å². The van der Waals surface area contributed by atoms with Crippen molar-refractivity contribution in [3.8, 4) is 17.1 Å². The van der Waals surface area contributed by atoms with Crippen LogP contribution >= 0.6 is 9.24 Å². The first-order valence-corrected chi connectivity index (χ1v) is 13.5. The number of fused-ring (bicyclic) bond motifs is 1. The summed E-state index contributed by atoms with van der Waals surface area (Å²) in [5.41, 5.74) is 8.12. The number of benzene rings is 2. The molecule has 1 aliphatic rings. The number of aliphatic hydroxyl groups excluding tert-OH is 1. The van der Waals surface area contributed by atoms with E-state index in [0.29, 0.717) is 22.0 Å². The molecule has 0 aliphatic carbocycles. The van der Waals surface area contributed by atoms with Crippen molar-refractivity contribution in [2.24, 2.45) is 5.73 Å². The van der Waals surface area contributed by atoms with Crippen LogP contribution in [0.15, 0.2) is 48.8 Å². The second-order valence-corrected chi connectivity index (χ2v) is 12.1. The van der Waals surface area contributed by atoms with Gasteiger partial charge in [0.2, 0.25) is 11.8 Å². The number of aromatic nitrogens is 4. The summed E-state index contributed by atoms with van der Waals surface area (Å²) in [5.74, 6) is -5.22. The maximum absolute atomic E-state index is 15.4. The summed E-state index contributed by atoms with van der Waals surface area (Å²) in [6.07, 6.45) is 0.0448. The average molecular weight is 592 g/mol. The molecule has 3 heterocycles. The SMILES string of the molecule is BC1(B)OC(N)(O)C(B)(P)N(c2ccc3c(-c4cc(C(O)c5ccc(OC)nn5)c(C)cc4F)ncnc3c2)C1(O)O. The minimum Gasteiger partial charge on any atom is -0.480 e. The molecule has 6 N–H and O–H groups in total. The molecule has 216 valence electrons. The van der Waals surface area contributed by atoms with E-state index in [9.17, 15) is 20.4 Å². The second kappa shape index (κ2) is 10.2. The molecule has 1 saturated heterocycles. The van der Waals surface area contributed by atoms with Gasteiger partial charge in [-0.2, -0.15) is 0 Å². The van der Waals surface area contributed by atoms with E-state index in [1.807, 2.05) is 0 Å². The van der Waals surface area contributed by atoms with Crippen molar-refractivity contribution in [2.45, 2.75) is 35.4 Å². The average Bonchev–Trinajstić information content (AvgIpc) is 2.91. The van der Waals surface area contributed by atoms with E-state index < -0.39 is 34.3 Å². The van der Waals surface area contributed by atoms with Crippen molar-refractivity contribution in [3.05, 3.63) is 71.4 Å². The zero-order chi connectivity index (χ0) is 30.8. The van der Waals surface area contributed by atoms with E-state index in [4.69, 9.17) is 15.2 Å². The number of ether oxygens (including phenoxy) is 2. The Morgan fingerprint density at radius 3 is 2.43 bits per heavy atom. The Kier molecular flexibility index (Phi) is 7.34. The molecule has 0 bridgehead atoms. The molecule has 17 heteroatoms. The number of nitrogens with zero attached hydrogens (tertiary/aromatic N) is 5. The highest BCUT2D eigenvalue weighted by atomic mass is 31.0. The summed E-state index contributed by atoms with van der Waals surface area (Å²) in [5, 5.41) is 49.4. The number of nitrogens with two attached hydrogens (primary N) is 1. The minimum atomic E-state index is -2.63. The molecule has 4 unspecified atom stereocenters. The number of aryl methyl sites for hydroxylation is 1. The maximum atomic E-state index is 15.4. The highest BCUT2D eigenvalue weighted by Crippen LogP contribution is 2.47. The lowest BCUT2D eigenvalue weighted by atomic mass is 9.59. The summed E-state index contributed by atoms with van der Waals surface area (Å²) < 4.78 is 25.9. The third-order valence-electron chi connectivity index (χ3n) is 7.65. The van der Waals surface area contributed by atoms with Gasteiger partial charge in [0.1, 0.15) is 41.8 Å². The molecular formula is C25H29B3FN6O6P. The van der Waals surface area contributed by atoms with Crippen LogP contribution in [0.25, 0.3) is 22.2 Å². The Labute approximate surface area is 245 Å². The van der Waals surface area contributed by atoms with Crippen molar-refractivity contribution < 1.29 is 34.3 Å². The number of morpholine rings is 1. The molecule has 42 heavy (non-hydrogen) atoms. The summed E-state index contributed by atoms with van der Waals surface area (Å²) in [6.45, 7) is 1.67. The zero-order valence-electron chi connectivity index (χ0n) is 23.6. The Morgan fingerprint density at radius 1 is 1.07 bits per heavy atom. The van der Waals surface area contributed by atoms with Crippen LogP contribution < -0.4 is 15.4 Å². The van der Waals surface area contributed by atoms with Crippen LogP contribution in [0.2, 0.25) is 0 Å². The molecule has 4 aromatic rings. The summed E-state index contributed by atoms with van der Waals surface area (Å²) in [4.78, 5) is 9.78. The van der Waals surface area contributed by atoms with Crippen molar-refractivity contribution in [1.29, 1.82) is 0 Å². The van der Waals surface area contributed by atoms with Crippen LogP contribution in [0.4, 0.5) is 10.1 Å². The quantitative estimate of drug-likeness (QED) is 0.0960. The Hall–Kier alpha value is -3.23. The van der Waals surface area contributed by atoms with Crippen molar-refractivity contribution >= 4 is 49.4 Å². The highest BCUT2D eigenvalue weighted by molar-refractivity contribution is 7.22. The molecule has 0 radical (unpaired) electrons. The lowest BCUT2D eigenvalue weighted by Crippen LogP contribution is -2.85. The molecular weight excluding hydrogens is 563 g/mol. The monoisotopic (exact) mass is 592 g/mol. The van der Waals surface area contributed by atoms with Crippen LogP contribution in [-0.2, 0) is 4.74 Å². The number of hydrogen-bond acceptors (Lipinski definition) is 12. The first-order valence-electron chi connectivity index (χ1n) is 12.9. The van der Waals surface area contributed by atoms with Crippen LogP contribution in [-0.4, -0.2) is 93.6 Å². The minimum absolute atomic E-state index is 0.106. The molecule has 1 fully saturated rings. The number of halogens is 1. The fourth-order valence-corrected chi connectivity index (χ4v) is 5.46. The number of methoxy groups -OCH3 is 1. The lowest BCUT2D eigenvalue weighted by Gasteiger charge is -2.63. The second-order valence-electron chi connectivity index (χ2n) is 10.9. The van der Waals surface area contributed by atoms with Gasteiger partial charge in [0.05, 0.1) is 34.6 Å². The number of rotatable bonds is 5. The van der Waals surface area contributed by atoms with Gasteiger partial charge in [-0.15, -0.1) is 19.4 Å². The predicted octanol–water partition coefficient (Wildman–Crippen LogP) is -2.21. The van der Waals surface area contributed by atoms with Crippen molar-refractivity contribution in [3.63, 3.8) is 0 Å². The molecule has 12 nitrogen and oxygen atoms in total. The van der Waals surface area contributed by atoms with Gasteiger partial charge >= 0.3 is 0 Å². The van der Waals surface area contributed by atoms with Gasteiger partial charge in [0.15, 0.2) is 0 Å². The highest BCUT2D eigenvalue weighted by Gasteiger charge is 2.65. The number of anilines is 1. The Balaban J connectivity index is 1.62. The molecule has 0 amide bonds. The lowest BCUT2D eigenvalue weighted by molar-refractivity contribution is -0.343. The Morgan fingerprint density at radius 2 is 1.79 bits per heavy atom. The van der Waals surface area contributed by atoms with Crippen molar-refractivity contribution in [2.75, 3.05) is 12.0 Å². The van der Waals surface area contributed by atoms with E-state index in [0.717, 1.165) is 4.90 Å². The number of hydrogen-bond donors (Lipinski definition) is 5. The van der Waals surface area contributed by atoms with E-state index in [1.165, 1.54) is 55.2 Å². The Bertz CT molecular complexity index is 1660. The number of aliphatic hydroxyl groups is 4. The van der Waals surface area contributed by atoms with Gasteiger partial charge < -0.3 is 34.8 Å². The first-order chi connectivity index (χ1) is 19.5. The zero-order valence-corrected chi connectivity index (χ0v) is 24.7. The normalized spacial score (nSPS) is 24.0. The van der Waals surface area contributed by atoms with E-state index in [2.05, 4.69) is 29.4 Å². The third kappa shape index (κ3) is 4.73. The molecule has 2 aromatic heterocycles. The summed E-state index contributed by atoms with van der Waals surface area (Å²) in [6, 6.07) is 10.6. The van der Waals surface area contributed by atoms with Gasteiger partial charge in [-0.1, -0.05) is 0 Å². The van der Waals surface area contributed by atoms with Crippen LogP contribution in [0.5, 0.6) is 5.88 Å². The van der Waals surface area contributed by atoms with Crippen LogP contribution in [0.3, 0.4) is 0 Å². The molecule has 0 saturated carbocycles. The van der Waals surface area contributed by atoms with E-state index >= 15 is 4.39 Å². The van der Waals surface area contributed by atoms with Crippen LogP contribution in [0.1, 0.15) is 22.9 Å². The molecule has 5 rings (SSSR count). The van der Waals surface area contributed by atoms with Gasteiger partial charge in [0, 0.05) is 22.7 Å². The fraction of sp³-hybridized carbons (Fsp3) is 0.280. The molecule has 2 aromatic carbocycles. The predicted molar refractivity (Wildman–Crippen MR) is 163 cm³/mol. The first kappa shape index (κ1) is 30.2. The molecule has 4 atom stereocenters. The summed E-state index contributed by atoms with van der Waals surface area (Å²) >= 11 is 0. The van der Waals surface area contributed by atoms with Gasteiger partial charge in [-0.25, -0.2) is 14.4 Å². The molecule has 1 aliphatic heterocycles. The van der Waals surface area contributed by atoms with E-state index in [1.54, 1.807) is 31.2 Å². The summed E-state index contributed by atoms with van der Waals surface area (Å²) in [7, 11) is 7.98. The third-order valence-corrected chi connectivity index (χ3v) is 8.33. The van der Waals surface area contributed by atoms with Gasteiger partial charge in [-0.05, 0) is 54.4 Å². The topological polar surface area (TPSA) is 180 Å². The van der Waals surface area contributed by atoms with Gasteiger partial charge in [-0.3, -0.25) is 5.73 Å². The maximum Gasteiger partial charge on any atom is 0.261 e. The van der Waals surface area contributed by atoms with Crippen molar-refractivity contribution in [1.82, 2.24) is 20.2 Å². The van der Waals surface area contributed by atoms with Gasteiger partial charge in [0.25, 0.3) is 5.91 Å². The smallest absolute Gasteiger partial charge is 0.261 e. The fourth-order valence-electron chi connectivity index (χ4n) is 5.07.